The molecule has 3 rings (SSSR count). The van der Waals surface area contributed by atoms with Crippen LogP contribution in [0, 0.1) is 11.3 Å². The molecule has 2 heterocycles. The molecule has 1 unspecified atom stereocenters. The molecule has 0 radical (unpaired) electrons. The van der Waals surface area contributed by atoms with Crippen LogP contribution in [0.5, 0.6) is 0 Å². The number of aromatic amines is 1. The molecule has 0 saturated carbocycles. The second-order valence-corrected chi connectivity index (χ2v) is 5.15. The van der Waals surface area contributed by atoms with Crippen LogP contribution < -0.4 is 0 Å². The SMILES string of the molecule is N#Cc1cccc2[nH]c(C3CCSC3)nc12. The van der Waals surface area contributed by atoms with Gasteiger partial charge in [0.2, 0.25) is 0 Å². The molecule has 1 saturated heterocycles. The Morgan fingerprint density at radius 1 is 1.50 bits per heavy atom. The van der Waals surface area contributed by atoms with E-state index in [1.807, 2.05) is 30.0 Å². The third-order valence-corrected chi connectivity index (χ3v) is 4.13. The van der Waals surface area contributed by atoms with E-state index in [1.54, 1.807) is 0 Å². The van der Waals surface area contributed by atoms with Gasteiger partial charge in [0, 0.05) is 11.7 Å². The molecule has 1 fully saturated rings. The van der Waals surface area contributed by atoms with Gasteiger partial charge in [0.1, 0.15) is 17.4 Å². The fraction of sp³-hybridized carbons (Fsp3) is 0.333. The number of H-pyrrole nitrogens is 1. The van der Waals surface area contributed by atoms with Gasteiger partial charge >= 0.3 is 0 Å². The third kappa shape index (κ3) is 1.48. The van der Waals surface area contributed by atoms with Crippen molar-refractivity contribution in [1.29, 1.82) is 5.26 Å². The molecule has 80 valence electrons. The van der Waals surface area contributed by atoms with Crippen molar-refractivity contribution in [2.24, 2.45) is 0 Å². The van der Waals surface area contributed by atoms with Crippen molar-refractivity contribution in [2.45, 2.75) is 12.3 Å². The summed E-state index contributed by atoms with van der Waals surface area (Å²) >= 11 is 1.97. The maximum atomic E-state index is 9.00. The summed E-state index contributed by atoms with van der Waals surface area (Å²) in [6.45, 7) is 0. The molecule has 1 atom stereocenters. The van der Waals surface area contributed by atoms with Crippen LogP contribution >= 0.6 is 11.8 Å². The summed E-state index contributed by atoms with van der Waals surface area (Å²) in [6.07, 6.45) is 1.19. The van der Waals surface area contributed by atoms with E-state index >= 15 is 0 Å². The molecular formula is C12H11N3S. The van der Waals surface area contributed by atoms with Crippen LogP contribution in [0.3, 0.4) is 0 Å². The van der Waals surface area contributed by atoms with E-state index in [1.165, 1.54) is 12.2 Å². The maximum absolute atomic E-state index is 9.00. The number of benzene rings is 1. The van der Waals surface area contributed by atoms with Crippen molar-refractivity contribution in [3.63, 3.8) is 0 Å². The predicted octanol–water partition coefficient (Wildman–Crippen LogP) is 2.66. The summed E-state index contributed by atoms with van der Waals surface area (Å²) in [5, 5.41) is 9.00. The first-order chi connectivity index (χ1) is 7.88. The van der Waals surface area contributed by atoms with Gasteiger partial charge in [-0.1, -0.05) is 6.07 Å². The lowest BCUT2D eigenvalue weighted by atomic mass is 10.1. The Balaban J connectivity index is 2.12. The number of imidazole rings is 1. The highest BCUT2D eigenvalue weighted by Gasteiger charge is 2.21. The normalized spacial score (nSPS) is 20.1. The molecule has 1 aliphatic rings. The Labute approximate surface area is 97.9 Å². The highest BCUT2D eigenvalue weighted by Crippen LogP contribution is 2.32. The van der Waals surface area contributed by atoms with E-state index in [4.69, 9.17) is 5.26 Å². The maximum Gasteiger partial charge on any atom is 0.111 e. The molecule has 1 aliphatic heterocycles. The van der Waals surface area contributed by atoms with Crippen LogP contribution in [0.1, 0.15) is 23.7 Å². The second-order valence-electron chi connectivity index (χ2n) is 4.00. The number of hydrogen-bond donors (Lipinski definition) is 1. The van der Waals surface area contributed by atoms with Gasteiger partial charge in [-0.25, -0.2) is 4.98 Å². The van der Waals surface area contributed by atoms with Crippen molar-refractivity contribution >= 4 is 22.8 Å². The fourth-order valence-electron chi connectivity index (χ4n) is 2.08. The highest BCUT2D eigenvalue weighted by atomic mass is 32.2. The number of para-hydroxylation sites is 1. The first kappa shape index (κ1) is 9.73. The number of nitrogens with one attached hydrogen (secondary N) is 1. The number of nitrogens with zero attached hydrogens (tertiary/aromatic N) is 2. The van der Waals surface area contributed by atoms with E-state index < -0.39 is 0 Å². The summed E-state index contributed by atoms with van der Waals surface area (Å²) in [7, 11) is 0. The number of nitriles is 1. The molecule has 1 aromatic carbocycles. The molecule has 4 heteroatoms. The van der Waals surface area contributed by atoms with Gasteiger partial charge in [-0.2, -0.15) is 17.0 Å². The van der Waals surface area contributed by atoms with Crippen molar-refractivity contribution in [2.75, 3.05) is 11.5 Å². The van der Waals surface area contributed by atoms with Gasteiger partial charge in [-0.15, -0.1) is 0 Å². The molecule has 0 amide bonds. The zero-order valence-corrected chi connectivity index (χ0v) is 9.55. The Hall–Kier alpha value is -1.47. The van der Waals surface area contributed by atoms with E-state index in [2.05, 4.69) is 16.0 Å². The van der Waals surface area contributed by atoms with Crippen LogP contribution in [0.4, 0.5) is 0 Å². The summed E-state index contributed by atoms with van der Waals surface area (Å²) in [5.41, 5.74) is 2.45. The summed E-state index contributed by atoms with van der Waals surface area (Å²) in [6, 6.07) is 7.88. The van der Waals surface area contributed by atoms with Gasteiger partial charge < -0.3 is 4.98 Å². The smallest absolute Gasteiger partial charge is 0.111 e. The van der Waals surface area contributed by atoms with E-state index in [0.29, 0.717) is 11.5 Å². The minimum atomic E-state index is 0.531. The zero-order chi connectivity index (χ0) is 11.0. The number of aromatic nitrogens is 2. The molecule has 0 spiro atoms. The van der Waals surface area contributed by atoms with Gasteiger partial charge in [-0.05, 0) is 24.3 Å². The van der Waals surface area contributed by atoms with Crippen LogP contribution in [0.25, 0.3) is 11.0 Å². The first-order valence-corrected chi connectivity index (χ1v) is 6.50. The summed E-state index contributed by atoms with van der Waals surface area (Å²) in [5.74, 6) is 3.93. The van der Waals surface area contributed by atoms with E-state index in [9.17, 15) is 0 Å². The monoisotopic (exact) mass is 229 g/mol. The van der Waals surface area contributed by atoms with Gasteiger partial charge in [0.25, 0.3) is 0 Å². The molecule has 1 aromatic heterocycles. The topological polar surface area (TPSA) is 52.5 Å². The number of rotatable bonds is 1. The standard InChI is InChI=1S/C12H11N3S/c13-6-8-2-1-3-10-11(8)15-12(14-10)9-4-5-16-7-9/h1-3,9H,4-5,7H2,(H,14,15). The van der Waals surface area contributed by atoms with Gasteiger partial charge in [0.15, 0.2) is 0 Å². The minimum Gasteiger partial charge on any atom is -0.342 e. The van der Waals surface area contributed by atoms with Crippen molar-refractivity contribution < 1.29 is 0 Å². The summed E-state index contributed by atoms with van der Waals surface area (Å²) in [4.78, 5) is 7.91. The summed E-state index contributed by atoms with van der Waals surface area (Å²) < 4.78 is 0. The Morgan fingerprint density at radius 2 is 2.44 bits per heavy atom. The quantitative estimate of drug-likeness (QED) is 0.818. The Kier molecular flexibility index (Phi) is 2.33. The molecule has 3 nitrogen and oxygen atoms in total. The van der Waals surface area contributed by atoms with Gasteiger partial charge in [0.05, 0.1) is 11.1 Å². The van der Waals surface area contributed by atoms with Crippen molar-refractivity contribution in [3.05, 3.63) is 29.6 Å². The molecular weight excluding hydrogens is 218 g/mol. The zero-order valence-electron chi connectivity index (χ0n) is 8.73. The lowest BCUT2D eigenvalue weighted by molar-refractivity contribution is 0.733. The van der Waals surface area contributed by atoms with Gasteiger partial charge in [-0.3, -0.25) is 0 Å². The van der Waals surface area contributed by atoms with Crippen LogP contribution in [0.15, 0.2) is 18.2 Å². The highest BCUT2D eigenvalue weighted by molar-refractivity contribution is 7.99. The Bertz CT molecular complexity index is 561. The Morgan fingerprint density at radius 3 is 3.19 bits per heavy atom. The fourth-order valence-corrected chi connectivity index (χ4v) is 3.31. The molecule has 0 aliphatic carbocycles. The van der Waals surface area contributed by atoms with Crippen molar-refractivity contribution in [1.82, 2.24) is 9.97 Å². The second kappa shape index (κ2) is 3.84. The first-order valence-electron chi connectivity index (χ1n) is 5.35. The van der Waals surface area contributed by atoms with Crippen molar-refractivity contribution in [3.8, 4) is 6.07 Å². The average molecular weight is 229 g/mol. The lowest BCUT2D eigenvalue weighted by Gasteiger charge is -2.01. The molecule has 1 N–H and O–H groups in total. The molecule has 2 aromatic rings. The number of thioether (sulfide) groups is 1. The van der Waals surface area contributed by atoms with Crippen LogP contribution in [-0.2, 0) is 0 Å². The predicted molar refractivity (Wildman–Crippen MR) is 65.5 cm³/mol. The average Bonchev–Trinajstić information content (AvgIpc) is 2.96. The molecule has 16 heavy (non-hydrogen) atoms. The largest absolute Gasteiger partial charge is 0.342 e. The van der Waals surface area contributed by atoms with Crippen LogP contribution in [-0.4, -0.2) is 21.5 Å². The van der Waals surface area contributed by atoms with E-state index in [-0.39, 0.29) is 0 Å². The number of fused-ring (bicyclic) bond motifs is 1. The van der Waals surface area contributed by atoms with Crippen LogP contribution in [0.2, 0.25) is 0 Å². The minimum absolute atomic E-state index is 0.531. The lowest BCUT2D eigenvalue weighted by Crippen LogP contribution is -1.98. The number of hydrogen-bond acceptors (Lipinski definition) is 3. The van der Waals surface area contributed by atoms with E-state index in [0.717, 1.165) is 22.6 Å². The molecule has 0 bridgehead atoms. The third-order valence-electron chi connectivity index (χ3n) is 2.97.